The molecule has 0 aromatic heterocycles. The zero-order valence-electron chi connectivity index (χ0n) is 6.65. The van der Waals surface area contributed by atoms with Crippen molar-refractivity contribution in [3.05, 3.63) is 0 Å². The van der Waals surface area contributed by atoms with E-state index in [9.17, 15) is 0 Å². The monoisotopic (exact) mass is 161 g/mol. The van der Waals surface area contributed by atoms with Gasteiger partial charge < -0.3 is 0 Å². The molecule has 1 nitrogen and oxygen atoms in total. The third-order valence-corrected chi connectivity index (χ3v) is 2.47. The Morgan fingerprint density at radius 1 is 1.60 bits per heavy atom. The minimum atomic E-state index is 0.872. The average molecular weight is 162 g/mol. The highest BCUT2D eigenvalue weighted by atomic mass is 35.5. The molecule has 1 fully saturated rings. The molecule has 1 rings (SSSR count). The van der Waals surface area contributed by atoms with Crippen molar-refractivity contribution in [1.82, 2.24) is 4.42 Å². The summed E-state index contributed by atoms with van der Waals surface area (Å²) in [5.74, 6) is 0.872. The molecule has 10 heavy (non-hydrogen) atoms. The lowest BCUT2D eigenvalue weighted by Gasteiger charge is -2.26. The molecule has 0 aromatic rings. The number of hydrogen-bond acceptors (Lipinski definition) is 1. The molecule has 1 saturated heterocycles. The number of piperidine rings is 1. The Bertz CT molecular complexity index is 93.3. The first-order valence-electron chi connectivity index (χ1n) is 4.23. The van der Waals surface area contributed by atoms with Crippen LogP contribution in [0, 0.1) is 5.92 Å². The summed E-state index contributed by atoms with van der Waals surface area (Å²) < 4.78 is 1.93. The molecular formula is C8H16ClN. The average Bonchev–Trinajstić information content (AvgIpc) is 1.88. The van der Waals surface area contributed by atoms with Gasteiger partial charge in [0.25, 0.3) is 0 Å². The van der Waals surface area contributed by atoms with E-state index in [-0.39, 0.29) is 0 Å². The molecule has 0 bridgehead atoms. The molecule has 1 atom stereocenters. The normalized spacial score (nSPS) is 28.8. The molecule has 0 aromatic carbocycles. The van der Waals surface area contributed by atoms with Crippen LogP contribution >= 0.6 is 11.8 Å². The van der Waals surface area contributed by atoms with Crippen LogP contribution in [-0.4, -0.2) is 17.5 Å². The van der Waals surface area contributed by atoms with Gasteiger partial charge in [-0.25, -0.2) is 4.42 Å². The number of rotatable bonds is 2. The summed E-state index contributed by atoms with van der Waals surface area (Å²) in [6.07, 6.45) is 5.32. The van der Waals surface area contributed by atoms with Crippen molar-refractivity contribution < 1.29 is 0 Å². The maximum atomic E-state index is 5.88. The highest BCUT2D eigenvalue weighted by Crippen LogP contribution is 2.21. The fourth-order valence-corrected chi connectivity index (χ4v) is 1.97. The maximum Gasteiger partial charge on any atom is 0.0167 e. The molecule has 1 heterocycles. The van der Waals surface area contributed by atoms with E-state index in [0.717, 1.165) is 19.0 Å². The highest BCUT2D eigenvalue weighted by molar-refractivity contribution is 6.13. The quantitative estimate of drug-likeness (QED) is 0.563. The van der Waals surface area contributed by atoms with Crippen LogP contribution < -0.4 is 0 Å². The van der Waals surface area contributed by atoms with Gasteiger partial charge in [0.1, 0.15) is 0 Å². The van der Waals surface area contributed by atoms with Crippen LogP contribution in [0.15, 0.2) is 0 Å². The summed E-state index contributed by atoms with van der Waals surface area (Å²) in [5.41, 5.74) is 0. The van der Waals surface area contributed by atoms with Crippen LogP contribution in [-0.2, 0) is 0 Å². The van der Waals surface area contributed by atoms with Gasteiger partial charge in [-0.2, -0.15) is 0 Å². The van der Waals surface area contributed by atoms with E-state index in [4.69, 9.17) is 11.8 Å². The predicted molar refractivity (Wildman–Crippen MR) is 45.1 cm³/mol. The summed E-state index contributed by atoms with van der Waals surface area (Å²) in [6.45, 7) is 4.43. The van der Waals surface area contributed by atoms with Crippen molar-refractivity contribution in [2.24, 2.45) is 5.92 Å². The molecule has 0 aliphatic carbocycles. The largest absolute Gasteiger partial charge is 0.220 e. The van der Waals surface area contributed by atoms with E-state index in [2.05, 4.69) is 6.92 Å². The standard InChI is InChI=1S/C8H16ClN/c1-2-4-8-5-3-6-10(9)7-8/h8H,2-7H2,1H3. The molecule has 2 heteroatoms. The lowest BCUT2D eigenvalue weighted by Crippen LogP contribution is -2.27. The molecule has 0 amide bonds. The van der Waals surface area contributed by atoms with Gasteiger partial charge in [0.05, 0.1) is 0 Å². The number of nitrogens with zero attached hydrogens (tertiary/aromatic N) is 1. The second kappa shape index (κ2) is 4.20. The van der Waals surface area contributed by atoms with Gasteiger partial charge in [0, 0.05) is 13.1 Å². The fraction of sp³-hybridized carbons (Fsp3) is 1.00. The lowest BCUT2D eigenvalue weighted by molar-refractivity contribution is 0.263. The smallest absolute Gasteiger partial charge is 0.0167 e. The first kappa shape index (κ1) is 8.35. The molecule has 0 spiro atoms. The van der Waals surface area contributed by atoms with E-state index in [0.29, 0.717) is 0 Å². The van der Waals surface area contributed by atoms with E-state index in [1.165, 1.54) is 25.7 Å². The van der Waals surface area contributed by atoms with Gasteiger partial charge >= 0.3 is 0 Å². The fourth-order valence-electron chi connectivity index (χ4n) is 1.66. The highest BCUT2D eigenvalue weighted by Gasteiger charge is 2.16. The summed E-state index contributed by atoms with van der Waals surface area (Å²) in [4.78, 5) is 0. The Hall–Kier alpha value is 0.250. The van der Waals surface area contributed by atoms with E-state index >= 15 is 0 Å². The van der Waals surface area contributed by atoms with Gasteiger partial charge in [-0.1, -0.05) is 13.3 Å². The van der Waals surface area contributed by atoms with E-state index in [1.807, 2.05) is 4.42 Å². The van der Waals surface area contributed by atoms with Crippen molar-refractivity contribution in [1.29, 1.82) is 0 Å². The van der Waals surface area contributed by atoms with Crippen molar-refractivity contribution >= 4 is 11.8 Å². The van der Waals surface area contributed by atoms with Gasteiger partial charge in [-0.3, -0.25) is 0 Å². The van der Waals surface area contributed by atoms with Crippen molar-refractivity contribution in [3.63, 3.8) is 0 Å². The number of halogens is 1. The molecule has 0 N–H and O–H groups in total. The Balaban J connectivity index is 2.18. The number of hydrogen-bond donors (Lipinski definition) is 0. The lowest BCUT2D eigenvalue weighted by atomic mass is 9.95. The Labute approximate surface area is 68.5 Å². The van der Waals surface area contributed by atoms with Crippen LogP contribution in [0.25, 0.3) is 0 Å². The van der Waals surface area contributed by atoms with Crippen molar-refractivity contribution in [2.45, 2.75) is 32.6 Å². The van der Waals surface area contributed by atoms with Gasteiger partial charge in [-0.05, 0) is 37.0 Å². The van der Waals surface area contributed by atoms with Crippen molar-refractivity contribution in [3.8, 4) is 0 Å². The SMILES string of the molecule is CCCC1CCCN(Cl)C1. The van der Waals surface area contributed by atoms with Gasteiger partial charge in [0.2, 0.25) is 0 Å². The van der Waals surface area contributed by atoms with Crippen LogP contribution in [0.2, 0.25) is 0 Å². The molecule has 1 aliphatic rings. The molecule has 0 saturated carbocycles. The zero-order chi connectivity index (χ0) is 7.40. The van der Waals surface area contributed by atoms with Crippen LogP contribution in [0.5, 0.6) is 0 Å². The second-order valence-corrected chi connectivity index (χ2v) is 3.64. The van der Waals surface area contributed by atoms with E-state index in [1.54, 1.807) is 0 Å². The summed E-state index contributed by atoms with van der Waals surface area (Å²) >= 11 is 5.88. The van der Waals surface area contributed by atoms with Gasteiger partial charge in [-0.15, -0.1) is 0 Å². The van der Waals surface area contributed by atoms with E-state index < -0.39 is 0 Å². The van der Waals surface area contributed by atoms with Crippen molar-refractivity contribution in [2.75, 3.05) is 13.1 Å². The molecular weight excluding hydrogens is 146 g/mol. The Morgan fingerprint density at radius 2 is 2.40 bits per heavy atom. The third-order valence-electron chi connectivity index (χ3n) is 2.17. The first-order valence-corrected chi connectivity index (χ1v) is 4.57. The summed E-state index contributed by atoms with van der Waals surface area (Å²) in [5, 5.41) is 0. The first-order chi connectivity index (χ1) is 4.83. The molecule has 0 radical (unpaired) electrons. The van der Waals surface area contributed by atoms with Crippen LogP contribution in [0.4, 0.5) is 0 Å². The maximum absolute atomic E-state index is 5.88. The Kier molecular flexibility index (Phi) is 3.50. The molecule has 1 aliphatic heterocycles. The minimum absolute atomic E-state index is 0.872. The topological polar surface area (TPSA) is 3.24 Å². The van der Waals surface area contributed by atoms with Crippen LogP contribution in [0.1, 0.15) is 32.6 Å². The zero-order valence-corrected chi connectivity index (χ0v) is 7.40. The molecule has 60 valence electrons. The molecule has 1 unspecified atom stereocenters. The van der Waals surface area contributed by atoms with Crippen LogP contribution in [0.3, 0.4) is 0 Å². The summed E-state index contributed by atoms with van der Waals surface area (Å²) in [6, 6.07) is 0. The van der Waals surface area contributed by atoms with Gasteiger partial charge in [0.15, 0.2) is 0 Å². The second-order valence-electron chi connectivity index (χ2n) is 3.17. The predicted octanol–water partition coefficient (Wildman–Crippen LogP) is 2.65. The Morgan fingerprint density at radius 3 is 3.00 bits per heavy atom. The third kappa shape index (κ3) is 2.47. The minimum Gasteiger partial charge on any atom is -0.220 e. The summed E-state index contributed by atoms with van der Waals surface area (Å²) in [7, 11) is 0.